The topological polar surface area (TPSA) is 37.1 Å². The predicted octanol–water partition coefficient (Wildman–Crippen LogP) is 5.96. The van der Waals surface area contributed by atoms with Gasteiger partial charge in [-0.25, -0.2) is 0 Å². The summed E-state index contributed by atoms with van der Waals surface area (Å²) in [7, 11) is 0. The van der Waals surface area contributed by atoms with Gasteiger partial charge in [0.15, 0.2) is 0 Å². The first-order chi connectivity index (χ1) is 10.6. The molecule has 0 spiro atoms. The van der Waals surface area contributed by atoms with Gasteiger partial charge in [-0.3, -0.25) is 15.0 Å². The van der Waals surface area contributed by atoms with E-state index in [4.69, 9.17) is 9.98 Å². The van der Waals surface area contributed by atoms with Crippen LogP contribution in [-0.4, -0.2) is 23.7 Å². The molecule has 0 rings (SSSR count). The van der Waals surface area contributed by atoms with Crippen molar-refractivity contribution in [2.45, 2.75) is 81.7 Å². The van der Waals surface area contributed by atoms with Gasteiger partial charge in [-0.05, 0) is 44.9 Å². The monoisotopic (exact) mass is 319 g/mol. The quantitative estimate of drug-likeness (QED) is 0.495. The minimum Gasteiger partial charge on any atom is -0.288 e. The molecule has 0 aliphatic rings. The van der Waals surface area contributed by atoms with Gasteiger partial charge in [-0.1, -0.05) is 48.5 Å². The third-order valence-electron chi connectivity index (χ3n) is 3.99. The van der Waals surface area contributed by atoms with Crippen LogP contribution in [0.4, 0.5) is 0 Å². The Bertz CT molecular complexity index is 477. The molecule has 3 nitrogen and oxygen atoms in total. The van der Waals surface area contributed by atoms with Crippen LogP contribution in [0.1, 0.15) is 75.7 Å². The summed E-state index contributed by atoms with van der Waals surface area (Å²) in [6, 6.07) is 0.342. The Balaban J connectivity index is 5.79. The van der Waals surface area contributed by atoms with E-state index in [1.807, 2.05) is 6.21 Å². The molecule has 0 radical (unpaired) electrons. The van der Waals surface area contributed by atoms with Gasteiger partial charge < -0.3 is 0 Å². The largest absolute Gasteiger partial charge is 0.288 e. The van der Waals surface area contributed by atoms with Gasteiger partial charge in [-0.2, -0.15) is 0 Å². The lowest BCUT2D eigenvalue weighted by atomic mass is 10.1. The van der Waals surface area contributed by atoms with Crippen molar-refractivity contribution in [3.8, 4) is 0 Å². The van der Waals surface area contributed by atoms with E-state index in [0.29, 0.717) is 23.8 Å². The van der Waals surface area contributed by atoms with E-state index in [0.717, 1.165) is 29.2 Å². The van der Waals surface area contributed by atoms with Crippen molar-refractivity contribution in [1.29, 1.82) is 0 Å². The van der Waals surface area contributed by atoms with Gasteiger partial charge >= 0.3 is 0 Å². The molecule has 0 saturated heterocycles. The SMILES string of the molecule is CCC(C)N=CC(=N/C(C)=C(/N=C(C)C(C)C)C(C)C)C(C)C. The molecule has 0 aliphatic carbocycles. The van der Waals surface area contributed by atoms with Crippen LogP contribution in [0.25, 0.3) is 0 Å². The zero-order chi connectivity index (χ0) is 18.2. The van der Waals surface area contributed by atoms with Crippen molar-refractivity contribution in [1.82, 2.24) is 0 Å². The fourth-order valence-corrected chi connectivity index (χ4v) is 1.81. The molecule has 0 heterocycles. The molecule has 0 aromatic carbocycles. The van der Waals surface area contributed by atoms with Gasteiger partial charge in [0.05, 0.1) is 17.1 Å². The third-order valence-corrected chi connectivity index (χ3v) is 3.99. The number of nitrogens with zero attached hydrogens (tertiary/aromatic N) is 3. The van der Waals surface area contributed by atoms with Crippen LogP contribution in [0.5, 0.6) is 0 Å². The molecular weight excluding hydrogens is 282 g/mol. The summed E-state index contributed by atoms with van der Waals surface area (Å²) in [5.74, 6) is 1.16. The number of aliphatic imine (C=N–C) groups is 3. The molecule has 0 amide bonds. The van der Waals surface area contributed by atoms with Crippen LogP contribution < -0.4 is 0 Å². The van der Waals surface area contributed by atoms with Crippen LogP contribution in [0.2, 0.25) is 0 Å². The van der Waals surface area contributed by atoms with Gasteiger partial charge in [0.2, 0.25) is 0 Å². The average molecular weight is 320 g/mol. The van der Waals surface area contributed by atoms with Crippen LogP contribution in [0.3, 0.4) is 0 Å². The van der Waals surface area contributed by atoms with Crippen LogP contribution >= 0.6 is 0 Å². The lowest BCUT2D eigenvalue weighted by Crippen LogP contribution is -2.12. The van der Waals surface area contributed by atoms with E-state index in [1.54, 1.807) is 0 Å². The minimum absolute atomic E-state index is 0.342. The molecule has 0 N–H and O–H groups in total. The molecule has 0 aromatic heterocycles. The summed E-state index contributed by atoms with van der Waals surface area (Å²) in [5, 5.41) is 0. The Labute approximate surface area is 144 Å². The summed E-state index contributed by atoms with van der Waals surface area (Å²) < 4.78 is 0. The Morgan fingerprint density at radius 1 is 0.826 bits per heavy atom. The van der Waals surface area contributed by atoms with Crippen molar-refractivity contribution >= 4 is 17.6 Å². The second kappa shape index (κ2) is 10.5. The third kappa shape index (κ3) is 8.24. The van der Waals surface area contributed by atoms with E-state index in [-0.39, 0.29) is 0 Å². The summed E-state index contributed by atoms with van der Waals surface area (Å²) in [6.07, 6.45) is 2.99. The van der Waals surface area contributed by atoms with Crippen molar-refractivity contribution in [3.63, 3.8) is 0 Å². The molecule has 132 valence electrons. The molecule has 0 fully saturated rings. The van der Waals surface area contributed by atoms with Crippen molar-refractivity contribution in [2.24, 2.45) is 32.7 Å². The molecule has 0 saturated carbocycles. The van der Waals surface area contributed by atoms with E-state index in [9.17, 15) is 0 Å². The Morgan fingerprint density at radius 2 is 1.39 bits per heavy atom. The van der Waals surface area contributed by atoms with E-state index < -0.39 is 0 Å². The Kier molecular flexibility index (Phi) is 9.94. The van der Waals surface area contributed by atoms with Crippen molar-refractivity contribution in [2.75, 3.05) is 0 Å². The standard InChI is InChI=1S/C20H37N3/c1-11-16(8)21-12-19(14(4)5)22-18(10)20(15(6)7)23-17(9)13(2)3/h12-16H,11H2,1-10H3/b20-18+,21-12?,22-19?,23-17?. The first kappa shape index (κ1) is 21.8. The molecule has 0 bridgehead atoms. The highest BCUT2D eigenvalue weighted by molar-refractivity contribution is 6.31. The summed E-state index contributed by atoms with van der Waals surface area (Å²) in [4.78, 5) is 14.3. The second-order valence-corrected chi connectivity index (χ2v) is 7.26. The highest BCUT2D eigenvalue weighted by Crippen LogP contribution is 2.19. The average Bonchev–Trinajstić information content (AvgIpc) is 2.46. The highest BCUT2D eigenvalue weighted by Gasteiger charge is 2.10. The summed E-state index contributed by atoms with van der Waals surface area (Å²) in [5.41, 5.74) is 4.26. The van der Waals surface area contributed by atoms with Gasteiger partial charge in [0.1, 0.15) is 0 Å². The molecule has 0 aromatic rings. The smallest absolute Gasteiger partial charge is 0.0640 e. The molecular formula is C20H37N3. The molecule has 0 aliphatic heterocycles. The zero-order valence-corrected chi connectivity index (χ0v) is 16.9. The summed E-state index contributed by atoms with van der Waals surface area (Å²) >= 11 is 0. The van der Waals surface area contributed by atoms with Crippen molar-refractivity contribution in [3.05, 3.63) is 11.4 Å². The first-order valence-electron chi connectivity index (χ1n) is 8.97. The van der Waals surface area contributed by atoms with E-state index >= 15 is 0 Å². The van der Waals surface area contributed by atoms with E-state index in [1.165, 1.54) is 0 Å². The fourth-order valence-electron chi connectivity index (χ4n) is 1.81. The maximum atomic E-state index is 4.86. The number of allylic oxidation sites excluding steroid dienone is 2. The zero-order valence-electron chi connectivity index (χ0n) is 16.9. The Morgan fingerprint density at radius 3 is 1.78 bits per heavy atom. The van der Waals surface area contributed by atoms with Gasteiger partial charge in [0.25, 0.3) is 0 Å². The van der Waals surface area contributed by atoms with E-state index in [2.05, 4.69) is 74.2 Å². The van der Waals surface area contributed by atoms with Gasteiger partial charge in [-0.15, -0.1) is 0 Å². The van der Waals surface area contributed by atoms with Gasteiger partial charge in [0, 0.05) is 18.0 Å². The lowest BCUT2D eigenvalue weighted by Gasteiger charge is -2.14. The molecule has 1 atom stereocenters. The molecule has 3 heteroatoms. The minimum atomic E-state index is 0.342. The van der Waals surface area contributed by atoms with Crippen LogP contribution in [0, 0.1) is 17.8 Å². The lowest BCUT2D eigenvalue weighted by molar-refractivity contribution is 0.720. The summed E-state index contributed by atoms with van der Waals surface area (Å²) in [6.45, 7) is 21.5. The Hall–Kier alpha value is -1.25. The molecule has 1 unspecified atom stereocenters. The highest BCUT2D eigenvalue weighted by atomic mass is 14.9. The second-order valence-electron chi connectivity index (χ2n) is 7.26. The fraction of sp³-hybridized carbons (Fsp3) is 0.750. The normalized spacial score (nSPS) is 16.7. The van der Waals surface area contributed by atoms with Crippen LogP contribution in [-0.2, 0) is 0 Å². The maximum absolute atomic E-state index is 4.86. The maximum Gasteiger partial charge on any atom is 0.0640 e. The number of hydrogen-bond acceptors (Lipinski definition) is 3. The number of rotatable bonds is 8. The first-order valence-corrected chi connectivity index (χ1v) is 8.97. The number of hydrogen-bond donors (Lipinski definition) is 0. The predicted molar refractivity (Wildman–Crippen MR) is 106 cm³/mol. The van der Waals surface area contributed by atoms with Crippen LogP contribution in [0.15, 0.2) is 26.4 Å². The van der Waals surface area contributed by atoms with Crippen molar-refractivity contribution < 1.29 is 0 Å². The molecule has 23 heavy (non-hydrogen) atoms.